The van der Waals surface area contributed by atoms with Crippen molar-refractivity contribution >= 4 is 11.8 Å². The van der Waals surface area contributed by atoms with Gasteiger partial charge in [-0.1, -0.05) is 0 Å². The van der Waals surface area contributed by atoms with Gasteiger partial charge in [0.05, 0.1) is 6.26 Å². The zero-order chi connectivity index (χ0) is 18.9. The van der Waals surface area contributed by atoms with Crippen molar-refractivity contribution < 1.29 is 14.0 Å². The molecular formula is C18H22N4O4. The van der Waals surface area contributed by atoms with Gasteiger partial charge in [-0.15, -0.1) is 0 Å². The first-order chi connectivity index (χ1) is 12.3. The minimum atomic E-state index is -1.17. The molecule has 2 aromatic rings. The molecule has 2 amide bonds. The van der Waals surface area contributed by atoms with Crippen molar-refractivity contribution in [2.45, 2.75) is 32.2 Å². The average Bonchev–Trinajstić information content (AvgIpc) is 3.16. The van der Waals surface area contributed by atoms with Gasteiger partial charge in [0.25, 0.3) is 5.56 Å². The summed E-state index contributed by atoms with van der Waals surface area (Å²) in [6, 6.07) is 6.40. The second-order valence-corrected chi connectivity index (χ2v) is 6.97. The molecule has 3 heterocycles. The molecule has 0 atom stereocenters. The Labute approximate surface area is 150 Å². The highest BCUT2D eigenvalue weighted by atomic mass is 16.3. The normalized spacial score (nSPS) is 15.8. The molecule has 26 heavy (non-hydrogen) atoms. The molecule has 2 aromatic heterocycles. The molecule has 0 spiro atoms. The molecule has 8 heteroatoms. The lowest BCUT2D eigenvalue weighted by atomic mass is 9.94. The van der Waals surface area contributed by atoms with Crippen LogP contribution < -0.4 is 11.3 Å². The van der Waals surface area contributed by atoms with E-state index in [2.05, 4.69) is 5.10 Å². The van der Waals surface area contributed by atoms with Crippen LogP contribution in [0.3, 0.4) is 0 Å². The number of carbonyl (C=O) groups is 2. The number of hydrogen-bond donors (Lipinski definition) is 1. The molecule has 0 saturated carbocycles. The first-order valence-corrected chi connectivity index (χ1v) is 8.54. The third kappa shape index (κ3) is 3.26. The van der Waals surface area contributed by atoms with Crippen LogP contribution in [0.2, 0.25) is 0 Å². The summed E-state index contributed by atoms with van der Waals surface area (Å²) in [5.74, 6) is -0.235. The van der Waals surface area contributed by atoms with Gasteiger partial charge in [-0.2, -0.15) is 5.10 Å². The van der Waals surface area contributed by atoms with Crippen molar-refractivity contribution in [3.05, 3.63) is 40.9 Å². The largest absolute Gasteiger partial charge is 0.463 e. The molecule has 0 unspecified atom stereocenters. The first kappa shape index (κ1) is 17.9. The number of rotatable bonds is 4. The van der Waals surface area contributed by atoms with Crippen LogP contribution in [0.25, 0.3) is 11.5 Å². The highest BCUT2D eigenvalue weighted by molar-refractivity contribution is 5.84. The van der Waals surface area contributed by atoms with Gasteiger partial charge in [0, 0.05) is 25.1 Å². The molecule has 138 valence electrons. The van der Waals surface area contributed by atoms with Crippen molar-refractivity contribution in [3.8, 4) is 11.5 Å². The molecule has 1 fully saturated rings. The Bertz CT molecular complexity index is 862. The molecule has 0 bridgehead atoms. The van der Waals surface area contributed by atoms with Crippen LogP contribution in [0.4, 0.5) is 0 Å². The molecule has 0 radical (unpaired) electrons. The molecule has 0 aromatic carbocycles. The van der Waals surface area contributed by atoms with E-state index < -0.39 is 5.54 Å². The summed E-state index contributed by atoms with van der Waals surface area (Å²) in [5.41, 5.74) is 4.28. The maximum Gasteiger partial charge on any atom is 0.267 e. The van der Waals surface area contributed by atoms with Gasteiger partial charge < -0.3 is 15.1 Å². The fraction of sp³-hybridized carbons (Fsp3) is 0.444. The molecular weight excluding hydrogens is 336 g/mol. The zero-order valence-corrected chi connectivity index (χ0v) is 14.8. The number of furan rings is 1. The van der Waals surface area contributed by atoms with Gasteiger partial charge >= 0.3 is 0 Å². The molecule has 0 aliphatic carbocycles. The number of carbonyl (C=O) groups excluding carboxylic acids is 2. The molecule has 1 aliphatic rings. The van der Waals surface area contributed by atoms with E-state index in [1.54, 1.807) is 36.9 Å². The smallest absolute Gasteiger partial charge is 0.267 e. The monoisotopic (exact) mass is 358 g/mol. The maximum atomic E-state index is 13.0. The first-order valence-electron chi connectivity index (χ1n) is 8.54. The van der Waals surface area contributed by atoms with E-state index in [0.29, 0.717) is 37.4 Å². The summed E-state index contributed by atoms with van der Waals surface area (Å²) in [6.45, 7) is 4.19. The lowest BCUT2D eigenvalue weighted by Gasteiger charge is -2.36. The van der Waals surface area contributed by atoms with E-state index in [9.17, 15) is 14.4 Å². The number of amides is 2. The predicted octanol–water partition coefficient (Wildman–Crippen LogP) is 0.962. The Kier molecular flexibility index (Phi) is 4.67. The van der Waals surface area contributed by atoms with E-state index in [-0.39, 0.29) is 23.3 Å². The molecule has 1 saturated heterocycles. The predicted molar refractivity (Wildman–Crippen MR) is 94.0 cm³/mol. The standard InChI is InChI=1S/C18H22N4O4/c1-18(2,17(25)21-9-7-12(8-10-21)16(19)24)22-15(23)6-5-13(20-22)14-4-3-11-26-14/h3-6,11-12H,7-10H2,1-2H3,(H2,19,24). The number of aromatic nitrogens is 2. The van der Waals surface area contributed by atoms with E-state index >= 15 is 0 Å². The average molecular weight is 358 g/mol. The van der Waals surface area contributed by atoms with Crippen molar-refractivity contribution in [1.29, 1.82) is 0 Å². The van der Waals surface area contributed by atoms with E-state index in [1.807, 2.05) is 0 Å². The maximum absolute atomic E-state index is 13.0. The lowest BCUT2D eigenvalue weighted by molar-refractivity contribution is -0.142. The van der Waals surface area contributed by atoms with Crippen LogP contribution >= 0.6 is 0 Å². The van der Waals surface area contributed by atoms with Gasteiger partial charge in [0.1, 0.15) is 11.2 Å². The number of nitrogens with zero attached hydrogens (tertiary/aromatic N) is 3. The summed E-state index contributed by atoms with van der Waals surface area (Å²) in [6.07, 6.45) is 2.59. The topological polar surface area (TPSA) is 111 Å². The Morgan fingerprint density at radius 2 is 1.92 bits per heavy atom. The highest BCUT2D eigenvalue weighted by Gasteiger charge is 2.38. The lowest BCUT2D eigenvalue weighted by Crippen LogP contribution is -2.53. The molecule has 2 N–H and O–H groups in total. The minimum Gasteiger partial charge on any atom is -0.463 e. The van der Waals surface area contributed by atoms with E-state index in [0.717, 1.165) is 0 Å². The number of hydrogen-bond acceptors (Lipinski definition) is 5. The second kappa shape index (κ2) is 6.78. The van der Waals surface area contributed by atoms with Gasteiger partial charge in [-0.3, -0.25) is 14.4 Å². The number of primary amides is 1. The third-order valence-corrected chi connectivity index (χ3v) is 4.81. The Balaban J connectivity index is 1.86. The van der Waals surface area contributed by atoms with Crippen LogP contribution in [0.5, 0.6) is 0 Å². The zero-order valence-electron chi connectivity index (χ0n) is 14.8. The van der Waals surface area contributed by atoms with E-state index in [4.69, 9.17) is 10.2 Å². The van der Waals surface area contributed by atoms with Crippen molar-refractivity contribution in [3.63, 3.8) is 0 Å². The fourth-order valence-electron chi connectivity index (χ4n) is 3.21. The van der Waals surface area contributed by atoms with E-state index in [1.165, 1.54) is 17.0 Å². The SMILES string of the molecule is CC(C)(C(=O)N1CCC(C(N)=O)CC1)n1nc(-c2ccco2)ccc1=O. The number of piperidine rings is 1. The van der Waals surface area contributed by atoms with Crippen LogP contribution in [0.15, 0.2) is 39.7 Å². The summed E-state index contributed by atoms with van der Waals surface area (Å²) in [7, 11) is 0. The Morgan fingerprint density at radius 3 is 2.50 bits per heavy atom. The summed E-state index contributed by atoms with van der Waals surface area (Å²) in [5, 5.41) is 4.33. The van der Waals surface area contributed by atoms with Crippen LogP contribution in [0, 0.1) is 5.92 Å². The minimum absolute atomic E-state index is 0.203. The Morgan fingerprint density at radius 1 is 1.23 bits per heavy atom. The molecule has 1 aliphatic heterocycles. The number of nitrogens with two attached hydrogens (primary N) is 1. The fourth-order valence-corrected chi connectivity index (χ4v) is 3.21. The Hall–Kier alpha value is -2.90. The van der Waals surface area contributed by atoms with Crippen LogP contribution in [-0.4, -0.2) is 39.6 Å². The van der Waals surface area contributed by atoms with Gasteiger partial charge in [-0.25, -0.2) is 4.68 Å². The van der Waals surface area contributed by atoms with Gasteiger partial charge in [0.2, 0.25) is 11.8 Å². The summed E-state index contributed by atoms with van der Waals surface area (Å²) in [4.78, 5) is 38.3. The van der Waals surface area contributed by atoms with Crippen molar-refractivity contribution in [2.75, 3.05) is 13.1 Å². The summed E-state index contributed by atoms with van der Waals surface area (Å²) < 4.78 is 6.51. The second-order valence-electron chi connectivity index (χ2n) is 6.97. The van der Waals surface area contributed by atoms with Crippen molar-refractivity contribution in [2.24, 2.45) is 11.7 Å². The molecule has 3 rings (SSSR count). The van der Waals surface area contributed by atoms with Gasteiger partial charge in [0.15, 0.2) is 5.76 Å². The number of likely N-dealkylation sites (tertiary alicyclic amines) is 1. The third-order valence-electron chi connectivity index (χ3n) is 4.81. The molecule has 8 nitrogen and oxygen atoms in total. The summed E-state index contributed by atoms with van der Waals surface area (Å²) >= 11 is 0. The van der Waals surface area contributed by atoms with Crippen LogP contribution in [-0.2, 0) is 15.1 Å². The van der Waals surface area contributed by atoms with Crippen molar-refractivity contribution in [1.82, 2.24) is 14.7 Å². The van der Waals surface area contributed by atoms with Gasteiger partial charge in [-0.05, 0) is 44.9 Å². The quantitative estimate of drug-likeness (QED) is 0.875. The highest BCUT2D eigenvalue weighted by Crippen LogP contribution is 2.23. The van der Waals surface area contributed by atoms with Crippen LogP contribution in [0.1, 0.15) is 26.7 Å².